The average molecular weight is 649 g/mol. The number of fused-ring (bicyclic) bond motifs is 10. The molecule has 51 heavy (non-hydrogen) atoms. The van der Waals surface area contributed by atoms with Crippen LogP contribution in [0.3, 0.4) is 0 Å². The highest BCUT2D eigenvalue weighted by Crippen LogP contribution is 2.58. The van der Waals surface area contributed by atoms with Gasteiger partial charge in [0, 0.05) is 38.3 Å². The van der Waals surface area contributed by atoms with Crippen LogP contribution in [0.2, 0.25) is 0 Å². The van der Waals surface area contributed by atoms with E-state index in [2.05, 4.69) is 198 Å². The van der Waals surface area contributed by atoms with Gasteiger partial charge in [0.15, 0.2) is 0 Å². The summed E-state index contributed by atoms with van der Waals surface area (Å²) < 4.78 is 2.38. The van der Waals surface area contributed by atoms with Crippen LogP contribution in [0, 0.1) is 0 Å². The summed E-state index contributed by atoms with van der Waals surface area (Å²) in [5.74, 6) is 0. The molecule has 2 heterocycles. The molecule has 0 radical (unpaired) electrons. The minimum Gasteiger partial charge on any atom is -0.354 e. The number of nitrogens with zero attached hydrogens (tertiary/aromatic N) is 1. The summed E-state index contributed by atoms with van der Waals surface area (Å²) in [7, 11) is 0. The molecule has 2 heteroatoms. The fraction of sp³-hybridized carbons (Fsp3) is 0.0204. The van der Waals surface area contributed by atoms with Crippen molar-refractivity contribution in [1.82, 2.24) is 9.55 Å². The average Bonchev–Trinajstić information content (AvgIpc) is 3.85. The Morgan fingerprint density at radius 2 is 1.02 bits per heavy atom. The van der Waals surface area contributed by atoms with Gasteiger partial charge in [-0.05, 0) is 81.4 Å². The van der Waals surface area contributed by atoms with Crippen molar-refractivity contribution in [3.63, 3.8) is 0 Å². The maximum absolute atomic E-state index is 3.96. The van der Waals surface area contributed by atoms with E-state index in [9.17, 15) is 0 Å². The highest BCUT2D eigenvalue weighted by Gasteiger charge is 2.47. The first kappa shape index (κ1) is 28.2. The molecule has 0 fully saturated rings. The lowest BCUT2D eigenvalue weighted by Crippen LogP contribution is -2.28. The van der Waals surface area contributed by atoms with Gasteiger partial charge in [-0.2, -0.15) is 0 Å². The Bertz CT molecular complexity index is 2910. The van der Waals surface area contributed by atoms with Gasteiger partial charge in [-0.3, -0.25) is 0 Å². The molecule has 11 rings (SSSR count). The third-order valence-corrected chi connectivity index (χ3v) is 11.2. The van der Waals surface area contributed by atoms with Crippen LogP contribution in [0.1, 0.15) is 22.3 Å². The van der Waals surface area contributed by atoms with E-state index >= 15 is 0 Å². The molecule has 0 amide bonds. The Morgan fingerprint density at radius 1 is 0.412 bits per heavy atom. The Kier molecular flexibility index (Phi) is 5.91. The number of H-pyrrole nitrogens is 1. The lowest BCUT2D eigenvalue weighted by molar-refractivity contribution is 0.774. The first-order valence-corrected chi connectivity index (χ1v) is 17.7. The molecule has 8 aromatic carbocycles. The largest absolute Gasteiger partial charge is 0.354 e. The summed E-state index contributed by atoms with van der Waals surface area (Å²) in [4.78, 5) is 3.96. The van der Waals surface area contributed by atoms with E-state index < -0.39 is 5.41 Å². The molecule has 238 valence electrons. The van der Waals surface area contributed by atoms with Crippen molar-refractivity contribution in [2.45, 2.75) is 5.41 Å². The lowest BCUT2D eigenvalue weighted by Gasteiger charge is -2.34. The molecule has 0 spiro atoms. The monoisotopic (exact) mass is 648 g/mol. The SMILES string of the molecule is c1ccc(-n2c3ccccc3c3cc(-c4ccc5[nH]c6c7c(ccc6c5c4)-c4ccccc4C7(c4ccccc4)c4ccccc4)ccc32)cc1. The summed E-state index contributed by atoms with van der Waals surface area (Å²) in [5, 5.41) is 5.01. The fourth-order valence-corrected chi connectivity index (χ4v) is 9.09. The van der Waals surface area contributed by atoms with Crippen molar-refractivity contribution in [3.05, 3.63) is 210 Å². The predicted octanol–water partition coefficient (Wildman–Crippen LogP) is 12.4. The highest BCUT2D eigenvalue weighted by molar-refractivity contribution is 6.14. The van der Waals surface area contributed by atoms with Crippen molar-refractivity contribution < 1.29 is 0 Å². The molecule has 0 unspecified atom stereocenters. The quantitative estimate of drug-likeness (QED) is 0.196. The van der Waals surface area contributed by atoms with E-state index in [1.165, 1.54) is 88.3 Å². The number of rotatable bonds is 4. The van der Waals surface area contributed by atoms with E-state index in [0.717, 1.165) is 5.52 Å². The zero-order chi connectivity index (χ0) is 33.5. The Morgan fingerprint density at radius 3 is 1.78 bits per heavy atom. The van der Waals surface area contributed by atoms with Gasteiger partial charge in [0.25, 0.3) is 0 Å². The van der Waals surface area contributed by atoms with Crippen molar-refractivity contribution in [2.24, 2.45) is 0 Å². The predicted molar refractivity (Wildman–Crippen MR) is 213 cm³/mol. The Hall–Kier alpha value is -6.64. The summed E-state index contributed by atoms with van der Waals surface area (Å²) in [6, 6.07) is 69.0. The molecule has 2 aromatic heterocycles. The van der Waals surface area contributed by atoms with Gasteiger partial charge in [-0.1, -0.05) is 146 Å². The van der Waals surface area contributed by atoms with Crippen LogP contribution in [0.4, 0.5) is 0 Å². The van der Waals surface area contributed by atoms with Crippen LogP contribution in [-0.2, 0) is 5.41 Å². The van der Waals surface area contributed by atoms with Crippen molar-refractivity contribution >= 4 is 43.6 Å². The van der Waals surface area contributed by atoms with Crippen molar-refractivity contribution in [1.29, 1.82) is 0 Å². The molecule has 1 N–H and O–H groups in total. The van der Waals surface area contributed by atoms with E-state index in [1.807, 2.05) is 0 Å². The first-order valence-electron chi connectivity index (χ1n) is 17.7. The van der Waals surface area contributed by atoms with Crippen molar-refractivity contribution in [3.8, 4) is 27.9 Å². The number of nitrogens with one attached hydrogen (secondary N) is 1. The molecule has 1 aliphatic carbocycles. The number of aromatic amines is 1. The molecule has 0 atom stereocenters. The van der Waals surface area contributed by atoms with Gasteiger partial charge in [0.2, 0.25) is 0 Å². The summed E-state index contributed by atoms with van der Waals surface area (Å²) in [6.07, 6.45) is 0. The normalized spacial score (nSPS) is 13.3. The molecule has 10 aromatic rings. The van der Waals surface area contributed by atoms with Gasteiger partial charge in [-0.15, -0.1) is 0 Å². The van der Waals surface area contributed by atoms with Gasteiger partial charge in [-0.25, -0.2) is 0 Å². The zero-order valence-corrected chi connectivity index (χ0v) is 27.8. The zero-order valence-electron chi connectivity index (χ0n) is 27.8. The molecule has 0 saturated carbocycles. The fourth-order valence-electron chi connectivity index (χ4n) is 9.09. The van der Waals surface area contributed by atoms with Gasteiger partial charge >= 0.3 is 0 Å². The maximum Gasteiger partial charge on any atom is 0.0734 e. The van der Waals surface area contributed by atoms with E-state index in [4.69, 9.17) is 0 Å². The topological polar surface area (TPSA) is 20.7 Å². The molecule has 1 aliphatic rings. The number of para-hydroxylation sites is 2. The number of aromatic nitrogens is 2. The molecular formula is C49H32N2. The molecule has 2 nitrogen and oxygen atoms in total. The van der Waals surface area contributed by atoms with E-state index in [1.54, 1.807) is 0 Å². The maximum atomic E-state index is 3.96. The van der Waals surface area contributed by atoms with E-state index in [-0.39, 0.29) is 0 Å². The van der Waals surface area contributed by atoms with Crippen LogP contribution >= 0.6 is 0 Å². The van der Waals surface area contributed by atoms with Gasteiger partial charge in [0.05, 0.1) is 22.0 Å². The third kappa shape index (κ3) is 3.87. The lowest BCUT2D eigenvalue weighted by atomic mass is 9.67. The minimum absolute atomic E-state index is 0.463. The second-order valence-corrected chi connectivity index (χ2v) is 13.7. The number of benzene rings is 8. The first-order chi connectivity index (χ1) is 25.3. The van der Waals surface area contributed by atoms with Crippen LogP contribution in [0.15, 0.2) is 188 Å². The Balaban J connectivity index is 1.15. The standard InChI is InChI=1S/C49H32N2/c1-4-14-34(15-5-1)49(35-16-6-2-7-17-35)43-22-12-10-20-37(43)39-26-27-40-41-30-32(24-28-44(41)50-48(40)47(39)49)33-25-29-46-42(31-33)38-21-11-13-23-45(38)51(46)36-18-8-3-9-19-36/h1-31,50H. The van der Waals surface area contributed by atoms with Gasteiger partial charge < -0.3 is 9.55 Å². The third-order valence-electron chi connectivity index (χ3n) is 11.2. The van der Waals surface area contributed by atoms with E-state index in [0.29, 0.717) is 0 Å². The smallest absolute Gasteiger partial charge is 0.0734 e. The Labute approximate surface area is 295 Å². The summed E-state index contributed by atoms with van der Waals surface area (Å²) >= 11 is 0. The van der Waals surface area contributed by atoms with Crippen LogP contribution in [0.25, 0.3) is 71.6 Å². The summed E-state index contributed by atoms with van der Waals surface area (Å²) in [5.41, 5.74) is 15.7. The second-order valence-electron chi connectivity index (χ2n) is 13.7. The molecule has 0 saturated heterocycles. The molecule has 0 bridgehead atoms. The minimum atomic E-state index is -0.463. The van der Waals surface area contributed by atoms with Crippen molar-refractivity contribution in [2.75, 3.05) is 0 Å². The molecule has 0 aliphatic heterocycles. The highest BCUT2D eigenvalue weighted by atomic mass is 15.0. The second kappa shape index (κ2) is 10.7. The number of hydrogen-bond acceptors (Lipinski definition) is 0. The molecular weight excluding hydrogens is 617 g/mol. The summed E-state index contributed by atoms with van der Waals surface area (Å²) in [6.45, 7) is 0. The van der Waals surface area contributed by atoms with Gasteiger partial charge in [0.1, 0.15) is 0 Å². The number of hydrogen-bond donors (Lipinski definition) is 1. The van der Waals surface area contributed by atoms with Crippen LogP contribution in [-0.4, -0.2) is 9.55 Å². The van der Waals surface area contributed by atoms with Crippen LogP contribution in [0.5, 0.6) is 0 Å². The van der Waals surface area contributed by atoms with Crippen LogP contribution < -0.4 is 0 Å².